The van der Waals surface area contributed by atoms with E-state index in [1.165, 1.54) is 10.5 Å². The molecule has 1 aromatic rings. The summed E-state index contributed by atoms with van der Waals surface area (Å²) in [5.41, 5.74) is 0.422. The Kier molecular flexibility index (Phi) is 4.76. The molecule has 2 rings (SSSR count). The SMILES string of the molecule is Cc1ccc(SC(C)CC(C)(NC2CC2)C(=O)O)cc1. The summed E-state index contributed by atoms with van der Waals surface area (Å²) in [6.07, 6.45) is 2.82. The first-order valence-corrected chi connectivity index (χ1v) is 8.01. The number of rotatable bonds is 7. The van der Waals surface area contributed by atoms with Gasteiger partial charge in [-0.1, -0.05) is 24.6 Å². The number of carboxylic acid groups (broad SMARTS) is 1. The van der Waals surface area contributed by atoms with Gasteiger partial charge in [0.25, 0.3) is 0 Å². The lowest BCUT2D eigenvalue weighted by atomic mass is 9.96. The third-order valence-electron chi connectivity index (χ3n) is 3.63. The summed E-state index contributed by atoms with van der Waals surface area (Å²) < 4.78 is 0. The van der Waals surface area contributed by atoms with Crippen LogP contribution in [0.25, 0.3) is 0 Å². The summed E-state index contributed by atoms with van der Waals surface area (Å²) in [6, 6.07) is 8.78. The molecule has 2 unspecified atom stereocenters. The Morgan fingerprint density at radius 2 is 2.05 bits per heavy atom. The first-order valence-electron chi connectivity index (χ1n) is 7.13. The molecular formula is C16H23NO2S. The summed E-state index contributed by atoms with van der Waals surface area (Å²) >= 11 is 1.74. The molecular weight excluding hydrogens is 270 g/mol. The predicted molar refractivity (Wildman–Crippen MR) is 83.3 cm³/mol. The zero-order valence-electron chi connectivity index (χ0n) is 12.3. The first kappa shape index (κ1) is 15.4. The van der Waals surface area contributed by atoms with E-state index in [4.69, 9.17) is 0 Å². The smallest absolute Gasteiger partial charge is 0.323 e. The molecule has 0 spiro atoms. The summed E-state index contributed by atoms with van der Waals surface area (Å²) in [7, 11) is 0. The molecule has 1 aliphatic carbocycles. The van der Waals surface area contributed by atoms with Crippen LogP contribution < -0.4 is 5.32 Å². The lowest BCUT2D eigenvalue weighted by Gasteiger charge is -2.29. The van der Waals surface area contributed by atoms with E-state index in [-0.39, 0.29) is 5.25 Å². The Morgan fingerprint density at radius 1 is 1.45 bits per heavy atom. The predicted octanol–water partition coefficient (Wildman–Crippen LogP) is 3.46. The fourth-order valence-electron chi connectivity index (χ4n) is 2.35. The lowest BCUT2D eigenvalue weighted by molar-refractivity contribution is -0.144. The number of nitrogens with one attached hydrogen (secondary N) is 1. The maximum Gasteiger partial charge on any atom is 0.323 e. The van der Waals surface area contributed by atoms with E-state index in [1.54, 1.807) is 18.7 Å². The second kappa shape index (κ2) is 6.19. The molecule has 0 amide bonds. The van der Waals surface area contributed by atoms with Crippen molar-refractivity contribution >= 4 is 17.7 Å². The standard InChI is InChI=1S/C16H23NO2S/c1-11-4-8-14(9-5-11)20-12(2)10-16(3,15(18)19)17-13-6-7-13/h4-5,8-9,12-13,17H,6-7,10H2,1-3H3,(H,18,19). The third kappa shape index (κ3) is 4.25. The summed E-state index contributed by atoms with van der Waals surface area (Å²) in [5.74, 6) is -0.749. The van der Waals surface area contributed by atoms with Gasteiger partial charge in [-0.25, -0.2) is 0 Å². The van der Waals surface area contributed by atoms with Crippen molar-refractivity contribution in [2.24, 2.45) is 0 Å². The van der Waals surface area contributed by atoms with E-state index >= 15 is 0 Å². The highest BCUT2D eigenvalue weighted by Crippen LogP contribution is 2.31. The van der Waals surface area contributed by atoms with E-state index in [9.17, 15) is 9.90 Å². The molecule has 20 heavy (non-hydrogen) atoms. The van der Waals surface area contributed by atoms with Crippen LogP contribution in [0.2, 0.25) is 0 Å². The van der Waals surface area contributed by atoms with E-state index < -0.39 is 11.5 Å². The van der Waals surface area contributed by atoms with Gasteiger partial charge in [0.1, 0.15) is 5.54 Å². The van der Waals surface area contributed by atoms with Crippen molar-refractivity contribution in [2.75, 3.05) is 0 Å². The maximum atomic E-state index is 11.5. The highest BCUT2D eigenvalue weighted by atomic mass is 32.2. The summed E-state index contributed by atoms with van der Waals surface area (Å²) in [5, 5.41) is 13.0. The second-order valence-electron chi connectivity index (χ2n) is 6.00. The fraction of sp³-hybridized carbons (Fsp3) is 0.562. The van der Waals surface area contributed by atoms with Gasteiger partial charge >= 0.3 is 5.97 Å². The van der Waals surface area contributed by atoms with E-state index in [0.717, 1.165) is 12.8 Å². The molecule has 4 heteroatoms. The average Bonchev–Trinajstić information content (AvgIpc) is 3.15. The largest absolute Gasteiger partial charge is 0.480 e. The molecule has 3 nitrogen and oxygen atoms in total. The van der Waals surface area contributed by atoms with Crippen molar-refractivity contribution in [3.63, 3.8) is 0 Å². The monoisotopic (exact) mass is 293 g/mol. The van der Waals surface area contributed by atoms with Crippen LogP contribution >= 0.6 is 11.8 Å². The molecule has 0 aliphatic heterocycles. The van der Waals surface area contributed by atoms with Gasteiger partial charge in [0.05, 0.1) is 0 Å². The molecule has 2 atom stereocenters. The molecule has 1 aliphatic rings. The van der Waals surface area contributed by atoms with Crippen molar-refractivity contribution < 1.29 is 9.90 Å². The van der Waals surface area contributed by atoms with Gasteiger partial charge in [0.15, 0.2) is 0 Å². The van der Waals surface area contributed by atoms with Crippen molar-refractivity contribution in [1.82, 2.24) is 5.32 Å². The molecule has 1 aromatic carbocycles. The molecule has 1 saturated carbocycles. The van der Waals surface area contributed by atoms with Crippen LogP contribution in [0.1, 0.15) is 38.7 Å². The van der Waals surface area contributed by atoms with Crippen LogP contribution in [0, 0.1) is 6.92 Å². The fourth-order valence-corrected chi connectivity index (χ4v) is 3.53. The molecule has 0 heterocycles. The van der Waals surface area contributed by atoms with Crippen molar-refractivity contribution in [3.8, 4) is 0 Å². The highest BCUT2D eigenvalue weighted by molar-refractivity contribution is 7.99. The van der Waals surface area contributed by atoms with Crippen LogP contribution in [-0.4, -0.2) is 27.9 Å². The van der Waals surface area contributed by atoms with Crippen LogP contribution in [0.15, 0.2) is 29.2 Å². The lowest BCUT2D eigenvalue weighted by Crippen LogP contribution is -2.51. The number of aliphatic carboxylic acids is 1. The van der Waals surface area contributed by atoms with Gasteiger partial charge in [-0.05, 0) is 45.2 Å². The minimum atomic E-state index is -0.821. The molecule has 110 valence electrons. The zero-order chi connectivity index (χ0) is 14.8. The Labute approximate surface area is 125 Å². The van der Waals surface area contributed by atoms with E-state index in [2.05, 4.69) is 43.4 Å². The van der Waals surface area contributed by atoms with Gasteiger partial charge in [-0.2, -0.15) is 0 Å². The molecule has 2 N–H and O–H groups in total. The minimum absolute atomic E-state index is 0.255. The Morgan fingerprint density at radius 3 is 2.55 bits per heavy atom. The van der Waals surface area contributed by atoms with Crippen molar-refractivity contribution in [2.45, 2.75) is 61.8 Å². The number of carbonyl (C=O) groups is 1. The number of hydrogen-bond donors (Lipinski definition) is 2. The quantitative estimate of drug-likeness (QED) is 0.756. The van der Waals surface area contributed by atoms with Gasteiger partial charge in [-0.3, -0.25) is 10.1 Å². The van der Waals surface area contributed by atoms with E-state index in [1.807, 2.05) is 0 Å². The third-order valence-corrected chi connectivity index (χ3v) is 4.74. The normalized spacial score (nSPS) is 19.4. The van der Waals surface area contributed by atoms with Gasteiger partial charge in [0, 0.05) is 16.2 Å². The molecule has 0 radical (unpaired) electrons. The maximum absolute atomic E-state index is 11.5. The van der Waals surface area contributed by atoms with Crippen LogP contribution in [0.3, 0.4) is 0 Å². The van der Waals surface area contributed by atoms with Crippen molar-refractivity contribution in [1.29, 1.82) is 0 Å². The number of thioether (sulfide) groups is 1. The Hall–Kier alpha value is -1.00. The van der Waals surface area contributed by atoms with E-state index in [0.29, 0.717) is 12.5 Å². The summed E-state index contributed by atoms with van der Waals surface area (Å²) in [4.78, 5) is 12.7. The molecule has 0 saturated heterocycles. The molecule has 0 bridgehead atoms. The van der Waals surface area contributed by atoms with Crippen LogP contribution in [0.5, 0.6) is 0 Å². The Balaban J connectivity index is 1.95. The second-order valence-corrected chi connectivity index (χ2v) is 7.51. The number of carboxylic acids is 1. The minimum Gasteiger partial charge on any atom is -0.480 e. The zero-order valence-corrected chi connectivity index (χ0v) is 13.2. The molecule has 1 fully saturated rings. The van der Waals surface area contributed by atoms with Gasteiger partial charge in [-0.15, -0.1) is 11.8 Å². The number of hydrogen-bond acceptors (Lipinski definition) is 3. The Bertz CT molecular complexity index is 470. The van der Waals surface area contributed by atoms with Crippen molar-refractivity contribution in [3.05, 3.63) is 29.8 Å². The summed E-state index contributed by atoms with van der Waals surface area (Å²) in [6.45, 7) is 5.97. The topological polar surface area (TPSA) is 49.3 Å². The van der Waals surface area contributed by atoms with Gasteiger partial charge < -0.3 is 5.11 Å². The molecule has 0 aromatic heterocycles. The highest BCUT2D eigenvalue weighted by Gasteiger charge is 2.39. The van der Waals surface area contributed by atoms with Crippen LogP contribution in [0.4, 0.5) is 0 Å². The number of benzene rings is 1. The number of aryl methyl sites for hydroxylation is 1. The first-order chi connectivity index (χ1) is 9.39. The average molecular weight is 293 g/mol. The van der Waals surface area contributed by atoms with Gasteiger partial charge in [0.2, 0.25) is 0 Å². The van der Waals surface area contributed by atoms with Crippen LogP contribution in [-0.2, 0) is 4.79 Å².